The summed E-state index contributed by atoms with van der Waals surface area (Å²) < 4.78 is 0. The molecule has 2 rings (SSSR count). The van der Waals surface area contributed by atoms with E-state index >= 15 is 0 Å². The minimum Gasteiger partial charge on any atom is -1.00 e. The lowest BCUT2D eigenvalue weighted by molar-refractivity contribution is -0.379. The molecule has 0 amide bonds. The number of aromatic amines is 1. The number of rotatable bonds is 4. The first kappa shape index (κ1) is 16.3. The van der Waals surface area contributed by atoms with Crippen molar-refractivity contribution in [3.8, 4) is 0 Å². The lowest BCUT2D eigenvalue weighted by Crippen LogP contribution is -3.00. The van der Waals surface area contributed by atoms with Crippen molar-refractivity contribution in [3.63, 3.8) is 0 Å². The minimum atomic E-state index is 0. The van der Waals surface area contributed by atoms with Crippen molar-refractivity contribution in [3.05, 3.63) is 60.2 Å². The normalized spacial score (nSPS) is 11.5. The molecule has 0 bridgehead atoms. The van der Waals surface area contributed by atoms with Crippen LogP contribution in [0.4, 0.5) is 0 Å². The zero-order valence-corrected chi connectivity index (χ0v) is 11.8. The molecule has 2 heterocycles. The Kier molecular flexibility index (Phi) is 7.09. The molecule has 21 heavy (non-hydrogen) atoms. The van der Waals surface area contributed by atoms with Gasteiger partial charge in [0.25, 0.3) is 0 Å². The highest BCUT2D eigenvalue weighted by Crippen LogP contribution is 1.87. The number of aromatic nitrogens is 2. The van der Waals surface area contributed by atoms with Crippen molar-refractivity contribution >= 4 is 18.4 Å². The topological polar surface area (TPSA) is 102 Å². The second-order valence-corrected chi connectivity index (χ2v) is 3.67. The van der Waals surface area contributed by atoms with Gasteiger partial charge in [0.1, 0.15) is 6.21 Å². The van der Waals surface area contributed by atoms with Gasteiger partial charge in [0.15, 0.2) is 6.20 Å². The van der Waals surface area contributed by atoms with Crippen LogP contribution in [0.25, 0.3) is 0 Å². The van der Waals surface area contributed by atoms with Crippen molar-refractivity contribution < 1.29 is 17.4 Å². The molecule has 0 aromatic carbocycles. The summed E-state index contributed by atoms with van der Waals surface area (Å²) in [6.45, 7) is 0. The fourth-order valence-corrected chi connectivity index (χ4v) is 1.28. The van der Waals surface area contributed by atoms with Crippen LogP contribution < -0.4 is 28.6 Å². The SMILES string of the molecule is N/C(=N\N=C\c1cccc[nH+]1)N/N=C/c1ccccn1.[Cl-]. The number of halogens is 1. The fraction of sp³-hybridized carbons (Fsp3) is 0. The molecule has 0 radical (unpaired) electrons. The van der Waals surface area contributed by atoms with Crippen LogP contribution in [-0.4, -0.2) is 23.4 Å². The summed E-state index contributed by atoms with van der Waals surface area (Å²) >= 11 is 0. The summed E-state index contributed by atoms with van der Waals surface area (Å²) in [5, 5.41) is 11.5. The molecule has 0 spiro atoms. The van der Waals surface area contributed by atoms with E-state index < -0.39 is 0 Å². The van der Waals surface area contributed by atoms with Crippen molar-refractivity contribution in [1.82, 2.24) is 10.4 Å². The van der Waals surface area contributed by atoms with Gasteiger partial charge in [-0.15, -0.1) is 10.2 Å². The first-order chi connectivity index (χ1) is 9.84. The third kappa shape index (κ3) is 6.26. The molecule has 7 nitrogen and oxygen atoms in total. The highest BCUT2D eigenvalue weighted by atomic mass is 35.5. The van der Waals surface area contributed by atoms with Crippen molar-refractivity contribution in [2.45, 2.75) is 0 Å². The Hall–Kier alpha value is -2.80. The summed E-state index contributed by atoms with van der Waals surface area (Å²) in [6.07, 6.45) is 6.57. The van der Waals surface area contributed by atoms with E-state index in [2.05, 4.69) is 30.7 Å². The molecule has 0 saturated heterocycles. The smallest absolute Gasteiger partial charge is 0.234 e. The van der Waals surface area contributed by atoms with Crippen LogP contribution in [0.3, 0.4) is 0 Å². The Morgan fingerprint density at radius 1 is 1.19 bits per heavy atom. The van der Waals surface area contributed by atoms with E-state index in [1.807, 2.05) is 36.4 Å². The van der Waals surface area contributed by atoms with Crippen LogP contribution >= 0.6 is 0 Å². The third-order valence-corrected chi connectivity index (χ3v) is 2.16. The van der Waals surface area contributed by atoms with Gasteiger partial charge in [0.05, 0.1) is 11.9 Å². The molecule has 2 aromatic rings. The number of H-pyrrole nitrogens is 1. The average Bonchev–Trinajstić information content (AvgIpc) is 2.49. The molecule has 0 atom stereocenters. The van der Waals surface area contributed by atoms with Gasteiger partial charge in [-0.3, -0.25) is 4.98 Å². The Morgan fingerprint density at radius 3 is 2.76 bits per heavy atom. The summed E-state index contributed by atoms with van der Waals surface area (Å²) in [6, 6.07) is 11.1. The molecule has 0 aliphatic carbocycles. The van der Waals surface area contributed by atoms with Crippen molar-refractivity contribution in [1.29, 1.82) is 0 Å². The zero-order chi connectivity index (χ0) is 14.0. The molecule has 108 valence electrons. The Labute approximate surface area is 128 Å². The second-order valence-electron chi connectivity index (χ2n) is 3.67. The maximum atomic E-state index is 5.58. The molecular formula is C13H14ClN7. The molecule has 0 unspecified atom stereocenters. The number of hydrogen-bond acceptors (Lipinski definition) is 4. The van der Waals surface area contributed by atoms with Crippen LogP contribution in [0, 0.1) is 0 Å². The number of nitrogens with zero attached hydrogens (tertiary/aromatic N) is 4. The quantitative estimate of drug-likeness (QED) is 0.362. The van der Waals surface area contributed by atoms with Gasteiger partial charge in [-0.2, -0.15) is 5.10 Å². The predicted octanol–water partition coefficient (Wildman–Crippen LogP) is -2.83. The van der Waals surface area contributed by atoms with E-state index in [1.165, 1.54) is 6.21 Å². The van der Waals surface area contributed by atoms with Gasteiger partial charge in [-0.05, 0) is 18.2 Å². The van der Waals surface area contributed by atoms with Crippen molar-refractivity contribution in [2.24, 2.45) is 21.0 Å². The number of pyridine rings is 2. The fourth-order valence-electron chi connectivity index (χ4n) is 1.28. The molecule has 2 aromatic heterocycles. The van der Waals surface area contributed by atoms with Gasteiger partial charge >= 0.3 is 0 Å². The minimum absolute atomic E-state index is 0. The summed E-state index contributed by atoms with van der Waals surface area (Å²) in [7, 11) is 0. The summed E-state index contributed by atoms with van der Waals surface area (Å²) in [5.74, 6) is 0.0874. The van der Waals surface area contributed by atoms with E-state index in [0.717, 1.165) is 11.4 Å². The highest BCUT2D eigenvalue weighted by Gasteiger charge is 1.92. The van der Waals surface area contributed by atoms with Crippen molar-refractivity contribution in [2.75, 3.05) is 0 Å². The number of hydrogen-bond donors (Lipinski definition) is 2. The first-order valence-corrected chi connectivity index (χ1v) is 5.88. The van der Waals surface area contributed by atoms with Crippen LogP contribution in [0.2, 0.25) is 0 Å². The van der Waals surface area contributed by atoms with Crippen LogP contribution in [0.15, 0.2) is 64.1 Å². The van der Waals surface area contributed by atoms with Gasteiger partial charge in [-0.25, -0.2) is 10.4 Å². The summed E-state index contributed by atoms with van der Waals surface area (Å²) in [5.41, 5.74) is 9.67. The number of nitrogens with two attached hydrogens (primary N) is 1. The predicted molar refractivity (Wildman–Crippen MR) is 77.2 cm³/mol. The number of guanidine groups is 1. The lowest BCUT2D eigenvalue weighted by Gasteiger charge is -1.95. The maximum absolute atomic E-state index is 5.58. The largest absolute Gasteiger partial charge is 1.00 e. The lowest BCUT2D eigenvalue weighted by atomic mass is 10.4. The molecule has 4 N–H and O–H groups in total. The van der Waals surface area contributed by atoms with E-state index in [9.17, 15) is 0 Å². The highest BCUT2D eigenvalue weighted by molar-refractivity contribution is 5.82. The van der Waals surface area contributed by atoms with E-state index in [1.54, 1.807) is 18.6 Å². The molecule has 0 aliphatic rings. The van der Waals surface area contributed by atoms with Gasteiger partial charge in [0, 0.05) is 18.3 Å². The number of nitrogens with one attached hydrogen (secondary N) is 2. The third-order valence-electron chi connectivity index (χ3n) is 2.16. The Balaban J connectivity index is 0.00000220. The Morgan fingerprint density at radius 2 is 2.05 bits per heavy atom. The van der Waals surface area contributed by atoms with E-state index in [0.29, 0.717) is 0 Å². The van der Waals surface area contributed by atoms with Gasteiger partial charge in [0.2, 0.25) is 11.7 Å². The molecule has 0 aliphatic heterocycles. The first-order valence-electron chi connectivity index (χ1n) is 5.88. The van der Waals surface area contributed by atoms with Crippen LogP contribution in [0.5, 0.6) is 0 Å². The van der Waals surface area contributed by atoms with Crippen LogP contribution in [0.1, 0.15) is 11.4 Å². The summed E-state index contributed by atoms with van der Waals surface area (Å²) in [4.78, 5) is 7.06. The van der Waals surface area contributed by atoms with E-state index in [4.69, 9.17) is 5.73 Å². The number of hydrazone groups is 1. The molecule has 8 heteroatoms. The molecule has 0 saturated carbocycles. The monoisotopic (exact) mass is 303 g/mol. The molecular weight excluding hydrogens is 290 g/mol. The zero-order valence-electron chi connectivity index (χ0n) is 11.0. The maximum Gasteiger partial charge on any atom is 0.234 e. The molecule has 0 fully saturated rings. The Bertz CT molecular complexity index is 611. The second kappa shape index (κ2) is 9.16. The van der Waals surface area contributed by atoms with Gasteiger partial charge in [-0.1, -0.05) is 6.07 Å². The average molecular weight is 304 g/mol. The van der Waals surface area contributed by atoms with Gasteiger partial charge < -0.3 is 18.1 Å². The van der Waals surface area contributed by atoms with E-state index in [-0.39, 0.29) is 18.4 Å². The van der Waals surface area contributed by atoms with Crippen LogP contribution in [-0.2, 0) is 0 Å². The standard InChI is InChI=1S/C13H13N7.ClH/c14-13(19-17-9-11-5-1-3-7-15-11)20-18-10-12-6-2-4-8-16-12;/h1-10H,(H3,14,19,20);1H/b17-9+,18-10+;.